The Morgan fingerprint density at radius 2 is 1.73 bits per heavy atom. The van der Waals surface area contributed by atoms with E-state index in [2.05, 4.69) is 5.32 Å². The van der Waals surface area contributed by atoms with Crippen LogP contribution in [0.1, 0.15) is 47.3 Å². The number of carboxylic acid groups (broad SMARTS) is 1. The van der Waals surface area contributed by atoms with Crippen LogP contribution in [0.3, 0.4) is 0 Å². The average molecular weight is 450 g/mol. The highest BCUT2D eigenvalue weighted by Gasteiger charge is 2.25. The fourth-order valence-electron chi connectivity index (χ4n) is 4.42. The SMILES string of the molecule is Cc1oc2c(C)c3oc(=O)c(CCC(=O)N[C@@H](C(=O)O)C4=CCC=CC4)c(C)c3cc2c1C. The summed E-state index contributed by atoms with van der Waals surface area (Å²) in [6.07, 6.45) is 6.94. The molecule has 4 rings (SSSR count). The predicted octanol–water partition coefficient (Wildman–Crippen LogP) is 4.55. The Morgan fingerprint density at radius 3 is 2.39 bits per heavy atom. The summed E-state index contributed by atoms with van der Waals surface area (Å²) in [5.74, 6) is -0.710. The second-order valence-corrected chi connectivity index (χ2v) is 8.56. The van der Waals surface area contributed by atoms with Crippen LogP contribution >= 0.6 is 0 Å². The van der Waals surface area contributed by atoms with Gasteiger partial charge in [0, 0.05) is 28.3 Å². The lowest BCUT2D eigenvalue weighted by molar-refractivity contribution is -0.140. The van der Waals surface area contributed by atoms with Crippen molar-refractivity contribution < 1.29 is 23.5 Å². The molecule has 0 radical (unpaired) electrons. The predicted molar refractivity (Wildman–Crippen MR) is 126 cm³/mol. The second-order valence-electron chi connectivity index (χ2n) is 8.56. The lowest BCUT2D eigenvalue weighted by atomic mass is 9.97. The Kier molecular flexibility index (Phi) is 5.97. The molecule has 0 unspecified atom stereocenters. The van der Waals surface area contributed by atoms with E-state index in [-0.39, 0.29) is 12.8 Å². The molecule has 0 bridgehead atoms. The van der Waals surface area contributed by atoms with Gasteiger partial charge in [0.15, 0.2) is 0 Å². The third kappa shape index (κ3) is 4.11. The van der Waals surface area contributed by atoms with E-state index in [9.17, 15) is 19.5 Å². The number of aryl methyl sites for hydroxylation is 4. The number of rotatable bonds is 6. The molecule has 2 aromatic heterocycles. The number of carbonyl (C=O) groups is 2. The third-order valence-corrected chi connectivity index (χ3v) is 6.51. The molecule has 7 heteroatoms. The van der Waals surface area contributed by atoms with E-state index in [1.807, 2.05) is 52.0 Å². The Bertz CT molecular complexity index is 1400. The summed E-state index contributed by atoms with van der Waals surface area (Å²) in [5, 5.41) is 13.9. The standard InChI is InChI=1S/C26H27NO6/c1-13-16(4)32-23-15(3)24-20(12-19(13)23)14(2)18(26(31)33-24)10-11-21(28)27-22(25(29)30)17-8-6-5-7-9-17/h5-6,9,12,22H,7-8,10-11H2,1-4H3,(H,27,28)(H,29,30)/t22-/m1/s1. The number of carboxylic acids is 1. The van der Waals surface area contributed by atoms with Gasteiger partial charge < -0.3 is 19.3 Å². The van der Waals surface area contributed by atoms with Gasteiger partial charge in [-0.1, -0.05) is 18.2 Å². The second kappa shape index (κ2) is 8.73. The van der Waals surface area contributed by atoms with Gasteiger partial charge in [0.05, 0.1) is 0 Å². The molecule has 33 heavy (non-hydrogen) atoms. The molecule has 1 aliphatic rings. The maximum absolute atomic E-state index is 12.8. The molecule has 0 fully saturated rings. The van der Waals surface area contributed by atoms with E-state index >= 15 is 0 Å². The van der Waals surface area contributed by atoms with Gasteiger partial charge in [-0.2, -0.15) is 0 Å². The number of fused-ring (bicyclic) bond motifs is 2. The lowest BCUT2D eigenvalue weighted by Gasteiger charge is -2.19. The average Bonchev–Trinajstić information content (AvgIpc) is 3.07. The number of aliphatic carboxylic acids is 1. The van der Waals surface area contributed by atoms with Crippen molar-refractivity contribution >= 4 is 33.8 Å². The van der Waals surface area contributed by atoms with Crippen LogP contribution < -0.4 is 10.9 Å². The van der Waals surface area contributed by atoms with Crippen molar-refractivity contribution in [1.82, 2.24) is 5.32 Å². The summed E-state index contributed by atoms with van der Waals surface area (Å²) >= 11 is 0. The van der Waals surface area contributed by atoms with E-state index in [4.69, 9.17) is 8.83 Å². The summed E-state index contributed by atoms with van der Waals surface area (Å²) in [6, 6.07) is 0.898. The molecule has 0 saturated heterocycles. The van der Waals surface area contributed by atoms with Gasteiger partial charge in [-0.05, 0) is 69.7 Å². The molecule has 3 aromatic rings. The van der Waals surface area contributed by atoms with Crippen LogP contribution in [0.15, 0.2) is 43.5 Å². The van der Waals surface area contributed by atoms with Gasteiger partial charge in [0.1, 0.15) is 23.0 Å². The number of furan rings is 1. The van der Waals surface area contributed by atoms with Crippen molar-refractivity contribution in [2.45, 2.75) is 59.4 Å². The molecule has 0 saturated carbocycles. The van der Waals surface area contributed by atoms with Crippen molar-refractivity contribution in [3.8, 4) is 0 Å². The smallest absolute Gasteiger partial charge is 0.339 e. The summed E-state index contributed by atoms with van der Waals surface area (Å²) < 4.78 is 11.5. The van der Waals surface area contributed by atoms with Crippen LogP contribution in [0, 0.1) is 27.7 Å². The first kappa shape index (κ1) is 22.6. The van der Waals surface area contributed by atoms with E-state index < -0.39 is 23.5 Å². The van der Waals surface area contributed by atoms with E-state index in [1.54, 1.807) is 0 Å². The third-order valence-electron chi connectivity index (χ3n) is 6.51. The maximum atomic E-state index is 12.8. The van der Waals surface area contributed by atoms with Gasteiger partial charge >= 0.3 is 11.6 Å². The maximum Gasteiger partial charge on any atom is 0.339 e. The number of hydrogen-bond acceptors (Lipinski definition) is 5. The zero-order valence-electron chi connectivity index (χ0n) is 19.2. The van der Waals surface area contributed by atoms with Crippen LogP contribution in [-0.2, 0) is 16.0 Å². The fourth-order valence-corrected chi connectivity index (χ4v) is 4.42. The fraction of sp³-hybridized carbons (Fsp3) is 0.346. The minimum Gasteiger partial charge on any atom is -0.479 e. The first-order valence-electron chi connectivity index (χ1n) is 11.0. The normalized spacial score (nSPS) is 14.5. The molecule has 7 nitrogen and oxygen atoms in total. The number of nitrogens with one attached hydrogen (secondary N) is 1. The molecule has 1 atom stereocenters. The van der Waals surface area contributed by atoms with Gasteiger partial charge in [-0.3, -0.25) is 4.79 Å². The number of benzene rings is 1. The van der Waals surface area contributed by atoms with Crippen LogP contribution in [-0.4, -0.2) is 23.0 Å². The Balaban J connectivity index is 1.61. The van der Waals surface area contributed by atoms with Gasteiger partial charge in [0.25, 0.3) is 0 Å². The van der Waals surface area contributed by atoms with Crippen LogP contribution in [0.2, 0.25) is 0 Å². The molecule has 1 amide bonds. The van der Waals surface area contributed by atoms with Crippen LogP contribution in [0.25, 0.3) is 21.9 Å². The first-order valence-corrected chi connectivity index (χ1v) is 11.0. The molecule has 172 valence electrons. The molecule has 0 aliphatic heterocycles. The zero-order valence-corrected chi connectivity index (χ0v) is 19.2. The molecule has 1 aromatic carbocycles. The molecular formula is C26H27NO6. The zero-order chi connectivity index (χ0) is 23.9. The van der Waals surface area contributed by atoms with Crippen molar-refractivity contribution in [3.63, 3.8) is 0 Å². The van der Waals surface area contributed by atoms with Crippen molar-refractivity contribution in [1.29, 1.82) is 0 Å². The van der Waals surface area contributed by atoms with E-state index in [0.717, 1.165) is 33.2 Å². The van der Waals surface area contributed by atoms with Crippen LogP contribution in [0.4, 0.5) is 0 Å². The molecule has 0 spiro atoms. The minimum absolute atomic E-state index is 0.0188. The molecule has 2 heterocycles. The van der Waals surface area contributed by atoms with E-state index in [0.29, 0.717) is 35.1 Å². The topological polar surface area (TPSA) is 110 Å². The number of hydrogen-bond donors (Lipinski definition) is 2. The summed E-state index contributed by atoms with van der Waals surface area (Å²) in [7, 11) is 0. The van der Waals surface area contributed by atoms with Gasteiger partial charge in [-0.25, -0.2) is 9.59 Å². The number of allylic oxidation sites excluding steroid dienone is 3. The highest BCUT2D eigenvalue weighted by atomic mass is 16.4. The lowest BCUT2D eigenvalue weighted by Crippen LogP contribution is -2.42. The Labute approximate surface area is 190 Å². The quantitative estimate of drug-likeness (QED) is 0.422. The molecular weight excluding hydrogens is 422 g/mol. The Morgan fingerprint density at radius 1 is 1.03 bits per heavy atom. The molecule has 2 N–H and O–H groups in total. The van der Waals surface area contributed by atoms with Gasteiger partial charge in [0.2, 0.25) is 5.91 Å². The Hall–Kier alpha value is -3.61. The summed E-state index contributed by atoms with van der Waals surface area (Å²) in [6.45, 7) is 7.60. The van der Waals surface area contributed by atoms with Gasteiger partial charge in [-0.15, -0.1) is 0 Å². The van der Waals surface area contributed by atoms with E-state index in [1.165, 1.54) is 0 Å². The van der Waals surface area contributed by atoms with Crippen molar-refractivity contribution in [3.05, 3.63) is 68.3 Å². The number of amides is 1. The minimum atomic E-state index is -1.10. The highest BCUT2D eigenvalue weighted by molar-refractivity contribution is 6.00. The number of carbonyl (C=O) groups excluding carboxylic acids is 1. The largest absolute Gasteiger partial charge is 0.479 e. The monoisotopic (exact) mass is 449 g/mol. The molecule has 1 aliphatic carbocycles. The summed E-state index contributed by atoms with van der Waals surface area (Å²) in [4.78, 5) is 37.0. The first-order chi connectivity index (χ1) is 15.7. The summed E-state index contributed by atoms with van der Waals surface area (Å²) in [5.41, 5.74) is 4.33. The van der Waals surface area contributed by atoms with Crippen molar-refractivity contribution in [2.75, 3.05) is 0 Å². The highest BCUT2D eigenvalue weighted by Crippen LogP contribution is 2.34. The van der Waals surface area contributed by atoms with Crippen LogP contribution in [0.5, 0.6) is 0 Å². The van der Waals surface area contributed by atoms with Crippen molar-refractivity contribution in [2.24, 2.45) is 0 Å².